The van der Waals surface area contributed by atoms with Gasteiger partial charge in [0.05, 0.1) is 5.69 Å². The predicted molar refractivity (Wildman–Crippen MR) is 47.8 cm³/mol. The van der Waals surface area contributed by atoms with Crippen molar-refractivity contribution >= 4 is 15.8 Å². The van der Waals surface area contributed by atoms with Crippen molar-refractivity contribution in [2.45, 2.75) is 5.75 Å². The van der Waals surface area contributed by atoms with Crippen molar-refractivity contribution in [2.24, 2.45) is 0 Å². The van der Waals surface area contributed by atoms with Gasteiger partial charge in [-0.1, -0.05) is 12.1 Å². The fourth-order valence-corrected chi connectivity index (χ4v) is 1.55. The van der Waals surface area contributed by atoms with Gasteiger partial charge in [-0.25, -0.2) is 0 Å². The number of benzene rings is 1. The van der Waals surface area contributed by atoms with E-state index in [0.717, 1.165) is 0 Å². The van der Waals surface area contributed by atoms with E-state index in [2.05, 4.69) is 0 Å². The average molecular weight is 203 g/mol. The number of hydrogen-bond donors (Lipinski definition) is 3. The van der Waals surface area contributed by atoms with E-state index in [1.165, 1.54) is 18.2 Å². The summed E-state index contributed by atoms with van der Waals surface area (Å²) in [4.78, 5) is 0. The summed E-state index contributed by atoms with van der Waals surface area (Å²) in [5, 5.41) is 9.26. The molecule has 1 rings (SSSR count). The molecular weight excluding hydrogens is 194 g/mol. The molecule has 0 aliphatic heterocycles. The molecule has 6 heteroatoms. The zero-order chi connectivity index (χ0) is 10.1. The van der Waals surface area contributed by atoms with Gasteiger partial charge in [-0.3, -0.25) is 4.55 Å². The summed E-state index contributed by atoms with van der Waals surface area (Å²) in [5.41, 5.74) is 5.48. The monoisotopic (exact) mass is 203 g/mol. The highest BCUT2D eigenvalue weighted by Gasteiger charge is 2.11. The minimum atomic E-state index is -4.13. The van der Waals surface area contributed by atoms with Crippen LogP contribution < -0.4 is 5.73 Å². The zero-order valence-electron chi connectivity index (χ0n) is 6.64. The molecule has 5 nitrogen and oxygen atoms in total. The Bertz CT molecular complexity index is 413. The second-order valence-electron chi connectivity index (χ2n) is 2.58. The average Bonchev–Trinajstić information content (AvgIpc) is 1.96. The Kier molecular flexibility index (Phi) is 2.44. The van der Waals surface area contributed by atoms with Gasteiger partial charge >= 0.3 is 0 Å². The van der Waals surface area contributed by atoms with E-state index in [9.17, 15) is 13.5 Å². The van der Waals surface area contributed by atoms with Gasteiger partial charge in [0.2, 0.25) is 0 Å². The largest absolute Gasteiger partial charge is 0.505 e. The van der Waals surface area contributed by atoms with Gasteiger partial charge in [0.1, 0.15) is 11.5 Å². The van der Waals surface area contributed by atoms with Crippen molar-refractivity contribution in [3.8, 4) is 5.75 Å². The number of aromatic hydroxyl groups is 1. The van der Waals surface area contributed by atoms with Gasteiger partial charge in [0.15, 0.2) is 0 Å². The lowest BCUT2D eigenvalue weighted by molar-refractivity contribution is 0.463. The Morgan fingerprint density at radius 2 is 2.00 bits per heavy atom. The van der Waals surface area contributed by atoms with E-state index in [1.54, 1.807) is 0 Å². The van der Waals surface area contributed by atoms with Crippen LogP contribution in [0.3, 0.4) is 0 Å². The second kappa shape index (κ2) is 3.23. The van der Waals surface area contributed by atoms with E-state index in [1.807, 2.05) is 0 Å². The molecule has 0 spiro atoms. The van der Waals surface area contributed by atoms with E-state index in [-0.39, 0.29) is 17.0 Å². The fourth-order valence-electron chi connectivity index (χ4n) is 0.924. The minimum Gasteiger partial charge on any atom is -0.505 e. The second-order valence-corrected chi connectivity index (χ2v) is 4.03. The van der Waals surface area contributed by atoms with Gasteiger partial charge < -0.3 is 10.8 Å². The van der Waals surface area contributed by atoms with Crippen LogP contribution in [0.15, 0.2) is 18.2 Å². The van der Waals surface area contributed by atoms with Crippen LogP contribution in [0.2, 0.25) is 0 Å². The van der Waals surface area contributed by atoms with Crippen molar-refractivity contribution in [3.63, 3.8) is 0 Å². The molecule has 0 aliphatic carbocycles. The van der Waals surface area contributed by atoms with Crippen LogP contribution in [-0.2, 0) is 15.9 Å². The molecule has 72 valence electrons. The van der Waals surface area contributed by atoms with Gasteiger partial charge in [-0.2, -0.15) is 8.42 Å². The molecule has 0 saturated heterocycles. The molecular formula is C7H9NO4S. The molecule has 0 heterocycles. The van der Waals surface area contributed by atoms with Crippen molar-refractivity contribution in [1.82, 2.24) is 0 Å². The Balaban J connectivity index is 3.10. The highest BCUT2D eigenvalue weighted by atomic mass is 32.2. The molecule has 1 aromatic carbocycles. The van der Waals surface area contributed by atoms with Crippen LogP contribution in [0.1, 0.15) is 5.56 Å². The van der Waals surface area contributed by atoms with Crippen LogP contribution in [-0.4, -0.2) is 18.1 Å². The van der Waals surface area contributed by atoms with Crippen LogP contribution in [0.25, 0.3) is 0 Å². The zero-order valence-corrected chi connectivity index (χ0v) is 7.45. The predicted octanol–water partition coefficient (Wildman–Crippen LogP) is 0.362. The van der Waals surface area contributed by atoms with Gasteiger partial charge in [0, 0.05) is 5.56 Å². The molecule has 0 saturated carbocycles. The standard InChI is InChI=1S/C7H9NO4S/c8-6-3-1-2-5(7(6)9)4-13(10,11)12/h1-3,9H,4,8H2,(H,10,11,12). The minimum absolute atomic E-state index is 0.0844. The SMILES string of the molecule is Nc1cccc(CS(=O)(=O)O)c1O. The van der Waals surface area contributed by atoms with Crippen LogP contribution in [0.5, 0.6) is 5.75 Å². The summed E-state index contributed by atoms with van der Waals surface area (Å²) >= 11 is 0. The number of anilines is 1. The maximum Gasteiger partial charge on any atom is 0.269 e. The molecule has 0 aromatic heterocycles. The van der Waals surface area contributed by atoms with Gasteiger partial charge in [-0.05, 0) is 6.07 Å². The number of para-hydroxylation sites is 1. The van der Waals surface area contributed by atoms with E-state index in [0.29, 0.717) is 0 Å². The van der Waals surface area contributed by atoms with Crippen LogP contribution in [0, 0.1) is 0 Å². The summed E-state index contributed by atoms with van der Waals surface area (Å²) in [7, 11) is -4.13. The maximum atomic E-state index is 10.5. The Labute approximate surface area is 75.6 Å². The molecule has 13 heavy (non-hydrogen) atoms. The number of phenols is 1. The lowest BCUT2D eigenvalue weighted by Crippen LogP contribution is -2.02. The summed E-state index contributed by atoms with van der Waals surface area (Å²) in [5.74, 6) is -0.940. The maximum absolute atomic E-state index is 10.5. The number of hydrogen-bond acceptors (Lipinski definition) is 4. The first-order valence-electron chi connectivity index (χ1n) is 3.41. The lowest BCUT2D eigenvalue weighted by atomic mass is 10.2. The third-order valence-corrected chi connectivity index (χ3v) is 2.16. The lowest BCUT2D eigenvalue weighted by Gasteiger charge is -2.04. The third kappa shape index (κ3) is 2.60. The van der Waals surface area contributed by atoms with E-state index in [4.69, 9.17) is 10.3 Å². The van der Waals surface area contributed by atoms with Crippen molar-refractivity contribution in [1.29, 1.82) is 0 Å². The summed E-state index contributed by atoms with van der Waals surface area (Å²) < 4.78 is 29.4. The first kappa shape index (κ1) is 9.82. The smallest absolute Gasteiger partial charge is 0.269 e. The Morgan fingerprint density at radius 1 is 1.38 bits per heavy atom. The molecule has 4 N–H and O–H groups in total. The molecule has 1 aromatic rings. The summed E-state index contributed by atoms with van der Waals surface area (Å²) in [6, 6.07) is 4.30. The topological polar surface area (TPSA) is 101 Å². The van der Waals surface area contributed by atoms with Crippen molar-refractivity contribution in [2.75, 3.05) is 5.73 Å². The number of nitrogen functional groups attached to an aromatic ring is 1. The summed E-state index contributed by atoms with van der Waals surface area (Å²) in [6.07, 6.45) is 0. The number of rotatable bonds is 2. The molecule has 0 radical (unpaired) electrons. The van der Waals surface area contributed by atoms with E-state index >= 15 is 0 Å². The summed E-state index contributed by atoms with van der Waals surface area (Å²) in [6.45, 7) is 0. The van der Waals surface area contributed by atoms with Crippen LogP contribution >= 0.6 is 0 Å². The normalized spacial score (nSPS) is 11.5. The van der Waals surface area contributed by atoms with Gasteiger partial charge in [0.25, 0.3) is 10.1 Å². The van der Waals surface area contributed by atoms with Crippen molar-refractivity contribution < 1.29 is 18.1 Å². The number of nitrogens with two attached hydrogens (primary N) is 1. The first-order chi connectivity index (χ1) is 5.90. The Morgan fingerprint density at radius 3 is 2.54 bits per heavy atom. The highest BCUT2D eigenvalue weighted by molar-refractivity contribution is 7.85. The fraction of sp³-hybridized carbons (Fsp3) is 0.143. The van der Waals surface area contributed by atoms with E-state index < -0.39 is 15.9 Å². The quantitative estimate of drug-likeness (QED) is 0.366. The molecule has 0 fully saturated rings. The number of phenolic OH excluding ortho intramolecular Hbond substituents is 1. The van der Waals surface area contributed by atoms with Gasteiger partial charge in [-0.15, -0.1) is 0 Å². The first-order valence-corrected chi connectivity index (χ1v) is 5.02. The molecule has 0 bridgehead atoms. The molecule has 0 atom stereocenters. The highest BCUT2D eigenvalue weighted by Crippen LogP contribution is 2.25. The molecule has 0 unspecified atom stereocenters. The molecule has 0 aliphatic rings. The Hall–Kier alpha value is -1.27. The van der Waals surface area contributed by atoms with Crippen LogP contribution in [0.4, 0.5) is 5.69 Å². The third-order valence-electron chi connectivity index (χ3n) is 1.49. The molecule has 0 amide bonds. The van der Waals surface area contributed by atoms with Crippen molar-refractivity contribution in [3.05, 3.63) is 23.8 Å².